The highest BCUT2D eigenvalue weighted by molar-refractivity contribution is 5.77. The zero-order valence-electron chi connectivity index (χ0n) is 5.65. The fraction of sp³-hybridized carbons (Fsp3) is 0. The van der Waals surface area contributed by atoms with E-state index >= 15 is 0 Å². The summed E-state index contributed by atoms with van der Waals surface area (Å²) < 4.78 is 0. The van der Waals surface area contributed by atoms with E-state index in [-0.39, 0.29) is 0 Å². The molecule has 1 rings (SSSR count). The normalized spacial score (nSPS) is 8.73. The van der Waals surface area contributed by atoms with E-state index in [0.29, 0.717) is 24.1 Å². The molecule has 0 spiro atoms. The van der Waals surface area contributed by atoms with Crippen LogP contribution in [0.2, 0.25) is 0 Å². The molecule has 0 unspecified atom stereocenters. The highest BCUT2D eigenvalue weighted by Crippen LogP contribution is 2.04. The average Bonchev–Trinajstić information content (AvgIpc) is 2.06. The van der Waals surface area contributed by atoms with Crippen LogP contribution in [0.4, 0.5) is 5.69 Å². The minimum atomic E-state index is 0.303. The van der Waals surface area contributed by atoms with Crippen molar-refractivity contribution in [3.8, 4) is 0 Å². The molecule has 1 heterocycles. The Bertz CT molecular complexity index is 273. The summed E-state index contributed by atoms with van der Waals surface area (Å²) in [7, 11) is 0. The van der Waals surface area contributed by atoms with Crippen molar-refractivity contribution in [2.45, 2.75) is 0 Å². The summed E-state index contributed by atoms with van der Waals surface area (Å²) in [5.41, 5.74) is 0.869. The monoisotopic (exact) mass is 150 g/mol. The van der Waals surface area contributed by atoms with Gasteiger partial charge in [0.05, 0.1) is 0 Å². The van der Waals surface area contributed by atoms with Crippen molar-refractivity contribution >= 4 is 18.4 Å². The highest BCUT2D eigenvalue weighted by atomic mass is 16.1. The number of carbonyl (C=O) groups is 2. The first-order chi connectivity index (χ1) is 5.36. The maximum atomic E-state index is 10.2. The van der Waals surface area contributed by atoms with E-state index in [1.165, 1.54) is 12.3 Å². The Hall–Kier alpha value is -1.71. The number of anilines is 1. The van der Waals surface area contributed by atoms with E-state index in [2.05, 4.69) is 10.3 Å². The Morgan fingerprint density at radius 3 is 2.91 bits per heavy atom. The van der Waals surface area contributed by atoms with Gasteiger partial charge in [-0.1, -0.05) is 0 Å². The predicted molar refractivity (Wildman–Crippen MR) is 39.3 cm³/mol. The van der Waals surface area contributed by atoms with Crippen LogP contribution in [0.3, 0.4) is 0 Å². The number of hydrogen-bond donors (Lipinski definition) is 1. The van der Waals surface area contributed by atoms with Gasteiger partial charge in [-0.05, 0) is 12.1 Å². The van der Waals surface area contributed by atoms with Gasteiger partial charge in [-0.3, -0.25) is 14.6 Å². The lowest BCUT2D eigenvalue weighted by molar-refractivity contribution is -0.105. The fourth-order valence-corrected chi connectivity index (χ4v) is 0.671. The number of rotatable bonds is 3. The van der Waals surface area contributed by atoms with Crippen LogP contribution in [0, 0.1) is 0 Å². The summed E-state index contributed by atoms with van der Waals surface area (Å²) in [5.74, 6) is 0. The number of hydrogen-bond acceptors (Lipinski definition) is 3. The second-order valence-electron chi connectivity index (χ2n) is 1.85. The van der Waals surface area contributed by atoms with Gasteiger partial charge in [-0.25, -0.2) is 0 Å². The first kappa shape index (κ1) is 7.40. The first-order valence-electron chi connectivity index (χ1n) is 2.98. The van der Waals surface area contributed by atoms with E-state index < -0.39 is 0 Å². The van der Waals surface area contributed by atoms with Gasteiger partial charge in [0.25, 0.3) is 0 Å². The lowest BCUT2D eigenvalue weighted by atomic mass is 10.3. The summed E-state index contributed by atoms with van der Waals surface area (Å²) in [5, 5.41) is 2.40. The van der Waals surface area contributed by atoms with E-state index in [1.807, 2.05) is 0 Å². The molecule has 0 fully saturated rings. The third kappa shape index (κ3) is 1.86. The molecule has 0 radical (unpaired) electrons. The van der Waals surface area contributed by atoms with Crippen LogP contribution in [0.25, 0.3) is 0 Å². The molecule has 4 nitrogen and oxygen atoms in total. The number of carbonyl (C=O) groups excluding carboxylic acids is 2. The van der Waals surface area contributed by atoms with Crippen LogP contribution in [0.1, 0.15) is 10.5 Å². The van der Waals surface area contributed by atoms with Crippen LogP contribution in [-0.2, 0) is 4.79 Å². The maximum Gasteiger partial charge on any atom is 0.211 e. The van der Waals surface area contributed by atoms with Gasteiger partial charge < -0.3 is 5.32 Å². The molecule has 0 aliphatic carbocycles. The summed E-state index contributed by atoms with van der Waals surface area (Å²) in [4.78, 5) is 23.9. The molecule has 0 saturated heterocycles. The molecular formula is C7H6N2O2. The van der Waals surface area contributed by atoms with E-state index in [9.17, 15) is 9.59 Å². The lowest BCUT2D eigenvalue weighted by Crippen LogP contribution is -1.95. The van der Waals surface area contributed by atoms with Crippen LogP contribution in [0.15, 0.2) is 18.3 Å². The molecule has 0 aromatic carbocycles. The van der Waals surface area contributed by atoms with Crippen molar-refractivity contribution < 1.29 is 9.59 Å². The molecule has 11 heavy (non-hydrogen) atoms. The van der Waals surface area contributed by atoms with Crippen molar-refractivity contribution in [3.63, 3.8) is 0 Å². The van der Waals surface area contributed by atoms with Crippen LogP contribution in [0.5, 0.6) is 0 Å². The van der Waals surface area contributed by atoms with E-state index in [4.69, 9.17) is 0 Å². The van der Waals surface area contributed by atoms with E-state index in [1.54, 1.807) is 6.07 Å². The van der Waals surface area contributed by atoms with Gasteiger partial charge in [0, 0.05) is 11.9 Å². The molecule has 0 aliphatic rings. The summed E-state index contributed by atoms with van der Waals surface area (Å²) in [6, 6.07) is 3.09. The zero-order chi connectivity index (χ0) is 8.10. The number of pyridine rings is 1. The summed E-state index contributed by atoms with van der Waals surface area (Å²) in [6.07, 6.45) is 2.62. The Balaban J connectivity index is 2.90. The lowest BCUT2D eigenvalue weighted by Gasteiger charge is -1.96. The number of nitrogens with one attached hydrogen (secondary N) is 1. The van der Waals surface area contributed by atoms with Gasteiger partial charge >= 0.3 is 0 Å². The van der Waals surface area contributed by atoms with Gasteiger partial charge in [-0.2, -0.15) is 0 Å². The third-order valence-electron chi connectivity index (χ3n) is 1.13. The molecule has 56 valence electrons. The molecule has 4 heteroatoms. The molecule has 0 atom stereocenters. The van der Waals surface area contributed by atoms with Gasteiger partial charge in [-0.15, -0.1) is 0 Å². The SMILES string of the molecule is O=CNc1ccnc(C=O)c1. The van der Waals surface area contributed by atoms with Crippen molar-refractivity contribution in [2.75, 3.05) is 5.32 Å². The van der Waals surface area contributed by atoms with E-state index in [0.717, 1.165) is 0 Å². The minimum absolute atomic E-state index is 0.303. The van der Waals surface area contributed by atoms with Crippen molar-refractivity contribution in [2.24, 2.45) is 0 Å². The fourth-order valence-electron chi connectivity index (χ4n) is 0.671. The molecule has 0 saturated carbocycles. The van der Waals surface area contributed by atoms with Gasteiger partial charge in [0.2, 0.25) is 6.41 Å². The largest absolute Gasteiger partial charge is 0.329 e. The number of aromatic nitrogens is 1. The van der Waals surface area contributed by atoms with Crippen molar-refractivity contribution in [1.29, 1.82) is 0 Å². The minimum Gasteiger partial charge on any atom is -0.329 e. The van der Waals surface area contributed by atoms with Crippen molar-refractivity contribution in [3.05, 3.63) is 24.0 Å². The van der Waals surface area contributed by atoms with Gasteiger partial charge in [0.15, 0.2) is 6.29 Å². The molecule has 1 N–H and O–H groups in total. The molecule has 1 amide bonds. The average molecular weight is 150 g/mol. The molecule has 0 bridgehead atoms. The quantitative estimate of drug-likeness (QED) is 0.637. The Labute approximate surface area is 63.3 Å². The number of amides is 1. The second kappa shape index (κ2) is 3.46. The molecule has 1 aromatic rings. The maximum absolute atomic E-state index is 10.2. The predicted octanol–water partition coefficient (Wildman–Crippen LogP) is 0.462. The summed E-state index contributed by atoms with van der Waals surface area (Å²) >= 11 is 0. The topological polar surface area (TPSA) is 59.1 Å². The molecule has 1 aromatic heterocycles. The number of nitrogens with zero attached hydrogens (tertiary/aromatic N) is 1. The summed E-state index contributed by atoms with van der Waals surface area (Å²) in [6.45, 7) is 0. The molecule has 0 aliphatic heterocycles. The Kier molecular flexibility index (Phi) is 2.32. The van der Waals surface area contributed by atoms with Gasteiger partial charge in [0.1, 0.15) is 5.69 Å². The van der Waals surface area contributed by atoms with Crippen LogP contribution < -0.4 is 5.32 Å². The van der Waals surface area contributed by atoms with Crippen LogP contribution >= 0.6 is 0 Å². The first-order valence-corrected chi connectivity index (χ1v) is 2.98. The Morgan fingerprint density at radius 1 is 1.45 bits per heavy atom. The zero-order valence-corrected chi connectivity index (χ0v) is 5.65. The number of aldehydes is 1. The highest BCUT2D eigenvalue weighted by Gasteiger charge is 1.92. The Morgan fingerprint density at radius 2 is 2.27 bits per heavy atom. The molecular weight excluding hydrogens is 144 g/mol. The smallest absolute Gasteiger partial charge is 0.211 e. The second-order valence-corrected chi connectivity index (χ2v) is 1.85. The van der Waals surface area contributed by atoms with Crippen molar-refractivity contribution in [1.82, 2.24) is 4.98 Å². The standard InChI is InChI=1S/C7H6N2O2/c10-4-7-3-6(9-5-11)1-2-8-7/h1-5H,(H,8,9,11). The van der Waals surface area contributed by atoms with Crippen LogP contribution in [-0.4, -0.2) is 17.7 Å². The third-order valence-corrected chi connectivity index (χ3v) is 1.13.